The summed E-state index contributed by atoms with van der Waals surface area (Å²) in [5.41, 5.74) is 1.24. The second kappa shape index (κ2) is 7.28. The number of aliphatic hydroxyl groups excluding tert-OH is 1. The van der Waals surface area contributed by atoms with E-state index in [4.69, 9.17) is 16.3 Å². The van der Waals surface area contributed by atoms with E-state index in [1.165, 1.54) is 6.07 Å². The molecule has 0 saturated carbocycles. The molecule has 148 valence electrons. The zero-order valence-electron chi connectivity index (χ0n) is 15.4. The number of carbonyl (C=O) groups is 1. The van der Waals surface area contributed by atoms with Crippen LogP contribution in [0.25, 0.3) is 0 Å². The van der Waals surface area contributed by atoms with Gasteiger partial charge in [0, 0.05) is 29.1 Å². The zero-order chi connectivity index (χ0) is 20.0. The lowest BCUT2D eigenvalue weighted by molar-refractivity contribution is 0.0592. The summed E-state index contributed by atoms with van der Waals surface area (Å²) in [7, 11) is 1.92. The predicted octanol–water partition coefficient (Wildman–Crippen LogP) is 3.24. The number of carbonyl (C=O) groups excluding carboxylic acids is 1. The van der Waals surface area contributed by atoms with E-state index in [1.807, 2.05) is 11.9 Å². The molecule has 2 heterocycles. The molecule has 3 N–H and O–H groups in total. The number of fused-ring (bicyclic) bond motifs is 1. The van der Waals surface area contributed by atoms with Crippen LogP contribution in [-0.4, -0.2) is 52.2 Å². The van der Waals surface area contributed by atoms with Crippen molar-refractivity contribution in [2.45, 2.75) is 31.0 Å². The van der Waals surface area contributed by atoms with Crippen LogP contribution in [0.2, 0.25) is 5.02 Å². The second-order valence-electron chi connectivity index (χ2n) is 7.54. The number of phenolic OH excluding ortho intramolecular Hbond substituents is 2. The fourth-order valence-electron chi connectivity index (χ4n) is 4.14. The number of ether oxygens (including phenoxy) is 1. The summed E-state index contributed by atoms with van der Waals surface area (Å²) in [5.74, 6) is -0.959. The standard InChI is InChI=1S/C21H22ClNO5/c1-23-7-6-13(17(27)10-23)19-14(24)8-15(25)20-16(26)9-18(28-21(19)20)11-2-4-12(22)5-3-11/h2-5,8,13,17-18,24-25,27H,6-7,9-10H2,1H3/t13-,17+,18?/m1/s1. The average Bonchev–Trinajstić information content (AvgIpc) is 2.63. The summed E-state index contributed by atoms with van der Waals surface area (Å²) in [6.07, 6.45) is -0.595. The number of β-amino-alcohol motifs (C(OH)–C–C–N with tert-alkyl or cyclic N) is 1. The molecule has 0 aliphatic carbocycles. The summed E-state index contributed by atoms with van der Waals surface area (Å²) in [4.78, 5) is 14.8. The maximum Gasteiger partial charge on any atom is 0.174 e. The van der Waals surface area contributed by atoms with Crippen molar-refractivity contribution in [3.63, 3.8) is 0 Å². The highest BCUT2D eigenvalue weighted by molar-refractivity contribution is 6.30. The molecule has 2 aliphatic heterocycles. The Morgan fingerprint density at radius 2 is 1.89 bits per heavy atom. The smallest absolute Gasteiger partial charge is 0.174 e. The van der Waals surface area contributed by atoms with Crippen LogP contribution in [0.1, 0.15) is 46.3 Å². The van der Waals surface area contributed by atoms with Crippen molar-refractivity contribution in [3.8, 4) is 17.2 Å². The van der Waals surface area contributed by atoms with Gasteiger partial charge in [-0.25, -0.2) is 0 Å². The highest BCUT2D eigenvalue weighted by Gasteiger charge is 2.38. The number of likely N-dealkylation sites (N-methyl/N-ethyl adjacent to an activating group) is 1. The van der Waals surface area contributed by atoms with Crippen molar-refractivity contribution < 1.29 is 24.9 Å². The monoisotopic (exact) mass is 403 g/mol. The Morgan fingerprint density at radius 3 is 2.57 bits per heavy atom. The van der Waals surface area contributed by atoms with Crippen LogP contribution in [-0.2, 0) is 0 Å². The van der Waals surface area contributed by atoms with E-state index >= 15 is 0 Å². The van der Waals surface area contributed by atoms with Gasteiger partial charge in [0.2, 0.25) is 0 Å². The normalized spacial score (nSPS) is 25.2. The third kappa shape index (κ3) is 3.32. The van der Waals surface area contributed by atoms with E-state index in [-0.39, 0.29) is 40.9 Å². The van der Waals surface area contributed by atoms with Crippen LogP contribution in [0.3, 0.4) is 0 Å². The minimum Gasteiger partial charge on any atom is -0.507 e. The molecule has 3 atom stereocenters. The Morgan fingerprint density at radius 1 is 1.18 bits per heavy atom. The third-order valence-electron chi connectivity index (χ3n) is 5.58. The highest BCUT2D eigenvalue weighted by atomic mass is 35.5. The highest BCUT2D eigenvalue weighted by Crippen LogP contribution is 2.49. The van der Waals surface area contributed by atoms with Gasteiger partial charge in [-0.05, 0) is 37.7 Å². The lowest BCUT2D eigenvalue weighted by Gasteiger charge is -2.36. The fourth-order valence-corrected chi connectivity index (χ4v) is 4.27. The SMILES string of the molecule is CN1CC[C@@H](c2c(O)cc(O)c3c2OC(c2ccc(Cl)cc2)CC3=O)[C@@H](O)C1. The minimum absolute atomic E-state index is 0.0718. The maximum atomic E-state index is 12.8. The van der Waals surface area contributed by atoms with Crippen LogP contribution < -0.4 is 4.74 Å². The summed E-state index contributed by atoms with van der Waals surface area (Å²) < 4.78 is 6.14. The number of piperidine rings is 1. The van der Waals surface area contributed by atoms with Gasteiger partial charge in [-0.3, -0.25) is 4.79 Å². The number of hydrogen-bond donors (Lipinski definition) is 3. The molecule has 2 aromatic carbocycles. The number of Topliss-reactive ketones (excluding diaryl/α,β-unsaturated/α-hetero) is 1. The molecule has 1 unspecified atom stereocenters. The van der Waals surface area contributed by atoms with E-state index in [0.717, 1.165) is 12.1 Å². The van der Waals surface area contributed by atoms with Crippen LogP contribution >= 0.6 is 11.6 Å². The first-order valence-corrected chi connectivity index (χ1v) is 9.63. The van der Waals surface area contributed by atoms with Gasteiger partial charge in [0.25, 0.3) is 0 Å². The number of hydrogen-bond acceptors (Lipinski definition) is 6. The van der Waals surface area contributed by atoms with Gasteiger partial charge in [-0.1, -0.05) is 23.7 Å². The molecular formula is C21H22ClNO5. The molecular weight excluding hydrogens is 382 g/mol. The van der Waals surface area contributed by atoms with Gasteiger partial charge in [0.1, 0.15) is 28.9 Å². The topological polar surface area (TPSA) is 90.2 Å². The zero-order valence-corrected chi connectivity index (χ0v) is 16.2. The van der Waals surface area contributed by atoms with Crippen LogP contribution in [0.15, 0.2) is 30.3 Å². The molecule has 0 spiro atoms. The van der Waals surface area contributed by atoms with Gasteiger partial charge in [0.05, 0.1) is 12.5 Å². The van der Waals surface area contributed by atoms with Crippen molar-refractivity contribution in [1.82, 2.24) is 4.90 Å². The summed E-state index contributed by atoms with van der Waals surface area (Å²) >= 11 is 5.95. The van der Waals surface area contributed by atoms with Crippen LogP contribution in [0, 0.1) is 0 Å². The first-order chi connectivity index (χ1) is 13.3. The second-order valence-corrected chi connectivity index (χ2v) is 7.98. The molecule has 1 fully saturated rings. The quantitative estimate of drug-likeness (QED) is 0.713. The van der Waals surface area contributed by atoms with E-state index in [0.29, 0.717) is 23.6 Å². The van der Waals surface area contributed by atoms with Gasteiger partial charge in [-0.2, -0.15) is 0 Å². The minimum atomic E-state index is -0.715. The van der Waals surface area contributed by atoms with Gasteiger partial charge >= 0.3 is 0 Å². The summed E-state index contributed by atoms with van der Waals surface area (Å²) in [6, 6.07) is 8.20. The molecule has 2 aromatic rings. The maximum absolute atomic E-state index is 12.8. The molecule has 28 heavy (non-hydrogen) atoms. The van der Waals surface area contributed by atoms with Gasteiger partial charge in [0.15, 0.2) is 5.78 Å². The number of aromatic hydroxyl groups is 2. The van der Waals surface area contributed by atoms with Crippen molar-refractivity contribution in [2.24, 2.45) is 0 Å². The van der Waals surface area contributed by atoms with Crippen molar-refractivity contribution in [2.75, 3.05) is 20.1 Å². The molecule has 6 nitrogen and oxygen atoms in total. The molecule has 1 saturated heterocycles. The Balaban J connectivity index is 1.79. The number of nitrogens with zero attached hydrogens (tertiary/aromatic N) is 1. The Bertz CT molecular complexity index is 914. The fraction of sp³-hybridized carbons (Fsp3) is 0.381. The lowest BCUT2D eigenvalue weighted by Crippen LogP contribution is -2.40. The molecule has 0 aromatic heterocycles. The van der Waals surface area contributed by atoms with Crippen molar-refractivity contribution in [1.29, 1.82) is 0 Å². The third-order valence-corrected chi connectivity index (χ3v) is 5.84. The number of likely N-dealkylation sites (tertiary alicyclic amines) is 1. The predicted molar refractivity (Wildman–Crippen MR) is 104 cm³/mol. The first kappa shape index (κ1) is 19.1. The van der Waals surface area contributed by atoms with Crippen LogP contribution in [0.5, 0.6) is 17.2 Å². The largest absolute Gasteiger partial charge is 0.507 e. The van der Waals surface area contributed by atoms with E-state index < -0.39 is 12.2 Å². The summed E-state index contributed by atoms with van der Waals surface area (Å²) in [6.45, 7) is 1.19. The van der Waals surface area contributed by atoms with E-state index in [9.17, 15) is 20.1 Å². The molecule has 4 rings (SSSR count). The Kier molecular flexibility index (Phi) is 4.95. The number of aliphatic hydroxyl groups is 1. The number of rotatable bonds is 2. The van der Waals surface area contributed by atoms with E-state index in [2.05, 4.69) is 0 Å². The van der Waals surface area contributed by atoms with E-state index in [1.54, 1.807) is 24.3 Å². The first-order valence-electron chi connectivity index (χ1n) is 9.26. The molecule has 0 amide bonds. The van der Waals surface area contributed by atoms with Gasteiger partial charge < -0.3 is 25.0 Å². The Labute approximate surface area is 167 Å². The Hall–Kier alpha value is -2.28. The van der Waals surface area contributed by atoms with Crippen molar-refractivity contribution in [3.05, 3.63) is 52.0 Å². The van der Waals surface area contributed by atoms with Crippen molar-refractivity contribution >= 4 is 17.4 Å². The molecule has 0 bridgehead atoms. The molecule has 0 radical (unpaired) electrons. The number of phenols is 2. The number of halogens is 1. The van der Waals surface area contributed by atoms with Crippen LogP contribution in [0.4, 0.5) is 0 Å². The number of benzene rings is 2. The summed E-state index contributed by atoms with van der Waals surface area (Å²) in [5, 5.41) is 32.0. The molecule has 7 heteroatoms. The lowest BCUT2D eigenvalue weighted by atomic mass is 9.83. The van der Waals surface area contributed by atoms with Gasteiger partial charge in [-0.15, -0.1) is 0 Å². The average molecular weight is 404 g/mol. The number of ketones is 1. The molecule has 2 aliphatic rings.